The Kier molecular flexibility index (Phi) is 6.69. The van der Waals surface area contributed by atoms with Crippen LogP contribution in [0, 0.1) is 0 Å². The predicted molar refractivity (Wildman–Crippen MR) is 101 cm³/mol. The molecule has 5 nitrogen and oxygen atoms in total. The maximum Gasteiger partial charge on any atom is 0.191 e. The monoisotopic (exact) mass is 348 g/mol. The van der Waals surface area contributed by atoms with Gasteiger partial charge in [0.1, 0.15) is 0 Å². The van der Waals surface area contributed by atoms with Crippen LogP contribution in [-0.4, -0.2) is 56.3 Å². The molecule has 0 saturated carbocycles. The molecule has 2 heterocycles. The van der Waals surface area contributed by atoms with Crippen LogP contribution in [0.25, 0.3) is 0 Å². The highest BCUT2D eigenvalue weighted by atomic mass is 32.1. The molecule has 1 aliphatic carbocycles. The second kappa shape index (κ2) is 9.20. The Hall–Kier alpha value is -1.37. The van der Waals surface area contributed by atoms with Gasteiger partial charge < -0.3 is 15.4 Å². The first-order chi connectivity index (χ1) is 11.9. The molecule has 1 saturated heterocycles. The van der Waals surface area contributed by atoms with Gasteiger partial charge in [-0.05, 0) is 31.2 Å². The van der Waals surface area contributed by atoms with E-state index in [9.17, 15) is 0 Å². The maximum absolute atomic E-state index is 5.51. The quantitative estimate of drug-likeness (QED) is 0.471. The molecule has 6 heteroatoms. The molecule has 0 aromatic carbocycles. The van der Waals surface area contributed by atoms with E-state index in [-0.39, 0.29) is 0 Å². The first-order valence-corrected chi connectivity index (χ1v) is 9.80. The summed E-state index contributed by atoms with van der Waals surface area (Å²) in [5.41, 5.74) is 0. The summed E-state index contributed by atoms with van der Waals surface area (Å²) in [5.74, 6) is 0.931. The van der Waals surface area contributed by atoms with Gasteiger partial charge in [0.25, 0.3) is 0 Å². The number of hydrogen-bond acceptors (Lipinski definition) is 4. The van der Waals surface area contributed by atoms with Gasteiger partial charge in [-0.25, -0.2) is 0 Å². The summed E-state index contributed by atoms with van der Waals surface area (Å²) in [5, 5.41) is 9.09. The number of aliphatic imine (C=N–C) groups is 1. The van der Waals surface area contributed by atoms with Crippen LogP contribution in [0.15, 0.2) is 34.7 Å². The van der Waals surface area contributed by atoms with Crippen molar-refractivity contribution >= 4 is 17.3 Å². The molecule has 1 atom stereocenters. The van der Waals surface area contributed by atoms with E-state index >= 15 is 0 Å². The summed E-state index contributed by atoms with van der Waals surface area (Å²) in [4.78, 5) is 8.79. The second-order valence-electron chi connectivity index (χ2n) is 6.18. The van der Waals surface area contributed by atoms with Crippen molar-refractivity contribution in [1.82, 2.24) is 15.5 Å². The summed E-state index contributed by atoms with van der Waals surface area (Å²) in [7, 11) is 0. The Morgan fingerprint density at radius 3 is 2.83 bits per heavy atom. The van der Waals surface area contributed by atoms with Crippen molar-refractivity contribution < 1.29 is 4.74 Å². The molecule has 1 aromatic rings. The molecule has 2 aliphatic rings. The largest absolute Gasteiger partial charge is 0.379 e. The Balaban J connectivity index is 1.67. The zero-order valence-electron chi connectivity index (χ0n) is 14.4. The molecule has 0 radical (unpaired) electrons. The molecule has 1 aliphatic heterocycles. The van der Waals surface area contributed by atoms with Gasteiger partial charge >= 0.3 is 0 Å². The third kappa shape index (κ3) is 4.82. The summed E-state index contributed by atoms with van der Waals surface area (Å²) in [6.07, 6.45) is 6.65. The molecule has 0 spiro atoms. The number of hydrogen-bond donors (Lipinski definition) is 2. The van der Waals surface area contributed by atoms with Crippen LogP contribution in [0.5, 0.6) is 0 Å². The molecular formula is C18H28N4OS. The number of rotatable bonds is 6. The fourth-order valence-corrected chi connectivity index (χ4v) is 4.03. The van der Waals surface area contributed by atoms with E-state index in [1.807, 2.05) is 11.3 Å². The van der Waals surface area contributed by atoms with Crippen LogP contribution in [-0.2, 0) is 4.74 Å². The highest BCUT2D eigenvalue weighted by molar-refractivity contribution is 7.10. The first kappa shape index (κ1) is 17.5. The molecular weight excluding hydrogens is 320 g/mol. The van der Waals surface area contributed by atoms with Crippen molar-refractivity contribution in [2.45, 2.75) is 31.8 Å². The van der Waals surface area contributed by atoms with Crippen LogP contribution in [0.1, 0.15) is 30.7 Å². The number of nitrogens with one attached hydrogen (secondary N) is 2. The van der Waals surface area contributed by atoms with E-state index in [1.165, 1.54) is 4.88 Å². The van der Waals surface area contributed by atoms with Gasteiger partial charge in [-0.1, -0.05) is 18.2 Å². The summed E-state index contributed by atoms with van der Waals surface area (Å²) in [6.45, 7) is 7.37. The predicted octanol–water partition coefficient (Wildman–Crippen LogP) is 2.40. The first-order valence-electron chi connectivity index (χ1n) is 8.92. The Morgan fingerprint density at radius 1 is 1.38 bits per heavy atom. The van der Waals surface area contributed by atoms with E-state index < -0.39 is 0 Å². The fraction of sp³-hybridized carbons (Fsp3) is 0.611. The lowest BCUT2D eigenvalue weighted by Crippen LogP contribution is -2.44. The summed E-state index contributed by atoms with van der Waals surface area (Å²) in [6, 6.07) is 5.17. The van der Waals surface area contributed by atoms with Gasteiger partial charge in [0, 0.05) is 30.6 Å². The second-order valence-corrected chi connectivity index (χ2v) is 7.16. The van der Waals surface area contributed by atoms with Gasteiger partial charge in [0.05, 0.1) is 25.8 Å². The van der Waals surface area contributed by atoms with Crippen molar-refractivity contribution in [3.63, 3.8) is 0 Å². The van der Waals surface area contributed by atoms with Gasteiger partial charge in [0.2, 0.25) is 0 Å². The molecule has 3 rings (SSSR count). The van der Waals surface area contributed by atoms with Gasteiger partial charge in [-0.15, -0.1) is 11.3 Å². The molecule has 132 valence electrons. The molecule has 24 heavy (non-hydrogen) atoms. The van der Waals surface area contributed by atoms with E-state index in [0.717, 1.165) is 58.2 Å². The highest BCUT2D eigenvalue weighted by Gasteiger charge is 2.23. The van der Waals surface area contributed by atoms with Crippen LogP contribution in [0.4, 0.5) is 0 Å². The lowest BCUT2D eigenvalue weighted by molar-refractivity contribution is 0.0186. The van der Waals surface area contributed by atoms with Gasteiger partial charge in [-0.2, -0.15) is 0 Å². The van der Waals surface area contributed by atoms with Crippen molar-refractivity contribution in [1.29, 1.82) is 0 Å². The molecule has 0 bridgehead atoms. The minimum absolute atomic E-state index is 0.339. The normalized spacial score (nSPS) is 21.1. The minimum atomic E-state index is 0.339. The summed E-state index contributed by atoms with van der Waals surface area (Å²) >= 11 is 1.82. The third-order valence-electron chi connectivity index (χ3n) is 4.47. The number of ether oxygens (including phenoxy) is 1. The maximum atomic E-state index is 5.51. The SMILES string of the molecule is CCNC(=NCC(c1cccs1)N1CCOCC1)NC1CC=CC1. The molecule has 2 N–H and O–H groups in total. The Labute approximate surface area is 148 Å². The van der Waals surface area contributed by atoms with Crippen molar-refractivity contribution in [2.75, 3.05) is 39.4 Å². The topological polar surface area (TPSA) is 48.9 Å². The zero-order valence-corrected chi connectivity index (χ0v) is 15.2. The number of nitrogens with zero attached hydrogens (tertiary/aromatic N) is 2. The van der Waals surface area contributed by atoms with E-state index in [1.54, 1.807) is 0 Å². The standard InChI is InChI=1S/C18H28N4OS/c1-2-19-18(21-15-6-3-4-7-15)20-14-16(17-8-5-13-24-17)22-9-11-23-12-10-22/h3-5,8,13,15-16H,2,6-7,9-12,14H2,1H3,(H2,19,20,21). The van der Waals surface area contributed by atoms with E-state index in [2.05, 4.69) is 52.1 Å². The smallest absolute Gasteiger partial charge is 0.191 e. The van der Waals surface area contributed by atoms with E-state index in [4.69, 9.17) is 9.73 Å². The van der Waals surface area contributed by atoms with Gasteiger partial charge in [-0.3, -0.25) is 9.89 Å². The van der Waals surface area contributed by atoms with Crippen LogP contribution < -0.4 is 10.6 Å². The Morgan fingerprint density at radius 2 is 2.17 bits per heavy atom. The summed E-state index contributed by atoms with van der Waals surface area (Å²) < 4.78 is 5.51. The van der Waals surface area contributed by atoms with Crippen molar-refractivity contribution in [3.05, 3.63) is 34.5 Å². The molecule has 1 fully saturated rings. The number of guanidine groups is 1. The lowest BCUT2D eigenvalue weighted by Gasteiger charge is -2.33. The van der Waals surface area contributed by atoms with Crippen LogP contribution in [0.3, 0.4) is 0 Å². The number of morpholine rings is 1. The minimum Gasteiger partial charge on any atom is -0.379 e. The third-order valence-corrected chi connectivity index (χ3v) is 5.45. The molecule has 0 amide bonds. The van der Waals surface area contributed by atoms with Crippen LogP contribution in [0.2, 0.25) is 0 Å². The number of thiophene rings is 1. The van der Waals surface area contributed by atoms with Crippen LogP contribution >= 0.6 is 11.3 Å². The lowest BCUT2D eigenvalue weighted by atomic mass is 10.2. The average molecular weight is 349 g/mol. The molecule has 1 unspecified atom stereocenters. The van der Waals surface area contributed by atoms with Crippen molar-refractivity contribution in [3.8, 4) is 0 Å². The van der Waals surface area contributed by atoms with Crippen molar-refractivity contribution in [2.24, 2.45) is 4.99 Å². The fourth-order valence-electron chi connectivity index (χ4n) is 3.18. The highest BCUT2D eigenvalue weighted by Crippen LogP contribution is 2.26. The zero-order chi connectivity index (χ0) is 16.6. The van der Waals surface area contributed by atoms with E-state index in [0.29, 0.717) is 12.1 Å². The van der Waals surface area contributed by atoms with Gasteiger partial charge in [0.15, 0.2) is 5.96 Å². The Bertz CT molecular complexity index is 529. The molecule has 1 aromatic heterocycles. The average Bonchev–Trinajstić information content (AvgIpc) is 3.30.